The Morgan fingerprint density at radius 2 is 2.05 bits per heavy atom. The molecule has 2 heterocycles. The van der Waals surface area contributed by atoms with Crippen LogP contribution < -0.4 is 11.2 Å². The van der Waals surface area contributed by atoms with Crippen LogP contribution in [0.25, 0.3) is 21.5 Å². The molecule has 2 aromatic rings. The minimum Gasteiger partial charge on any atom is -0.465 e. The summed E-state index contributed by atoms with van der Waals surface area (Å²) in [4.78, 5) is 42.3. The maximum absolute atomic E-state index is 12.2. The molecule has 108 valence electrons. The Labute approximate surface area is 116 Å². The molecular formula is C11H10N6O4. The first-order chi connectivity index (χ1) is 9.93. The fraction of sp³-hybridized carbons (Fsp3) is 0.273. The van der Waals surface area contributed by atoms with E-state index in [4.69, 9.17) is 5.53 Å². The topological polar surface area (TPSA) is 132 Å². The predicted molar refractivity (Wildman–Crippen MR) is 72.4 cm³/mol. The molecule has 0 aliphatic heterocycles. The average Bonchev–Trinajstić information content (AvgIpc) is 2.49. The zero-order valence-corrected chi connectivity index (χ0v) is 11.4. The van der Waals surface area contributed by atoms with E-state index in [0.29, 0.717) is 0 Å². The van der Waals surface area contributed by atoms with Crippen LogP contribution in [0.3, 0.4) is 0 Å². The number of esters is 1. The lowest BCUT2D eigenvalue weighted by Gasteiger charge is -2.10. The minimum absolute atomic E-state index is 0.0122. The molecule has 0 unspecified atom stereocenters. The fourth-order valence-electron chi connectivity index (χ4n) is 1.92. The van der Waals surface area contributed by atoms with Gasteiger partial charge in [0.15, 0.2) is 0 Å². The van der Waals surface area contributed by atoms with Gasteiger partial charge in [-0.25, -0.2) is 14.6 Å². The van der Waals surface area contributed by atoms with Gasteiger partial charge in [0, 0.05) is 25.2 Å². The average molecular weight is 290 g/mol. The van der Waals surface area contributed by atoms with Gasteiger partial charge in [0.25, 0.3) is 5.56 Å². The van der Waals surface area contributed by atoms with Crippen LogP contribution in [0.15, 0.2) is 20.9 Å². The minimum atomic E-state index is -0.803. The highest BCUT2D eigenvalue weighted by Crippen LogP contribution is 2.26. The first-order valence-corrected chi connectivity index (χ1v) is 5.66. The van der Waals surface area contributed by atoms with Gasteiger partial charge in [-0.3, -0.25) is 13.9 Å². The van der Waals surface area contributed by atoms with E-state index in [-0.39, 0.29) is 22.3 Å². The molecule has 2 aromatic heterocycles. The number of fused-ring (bicyclic) bond motifs is 1. The zero-order chi connectivity index (χ0) is 15.7. The number of pyridine rings is 1. The first kappa shape index (κ1) is 14.3. The van der Waals surface area contributed by atoms with Crippen molar-refractivity contribution in [3.8, 4) is 0 Å². The second kappa shape index (κ2) is 5.10. The monoisotopic (exact) mass is 290 g/mol. The standard InChI is InChI=1S/C11H10N6O4/c1-16-8-6(9(18)17(2)11(16)20)7(14-15-12)5(4-13-8)10(19)21-3/h4H,1-3H3. The Morgan fingerprint density at radius 1 is 1.38 bits per heavy atom. The number of aryl methyl sites for hydroxylation is 1. The summed E-state index contributed by atoms with van der Waals surface area (Å²) in [6.45, 7) is 0. The summed E-state index contributed by atoms with van der Waals surface area (Å²) in [5.74, 6) is -0.803. The molecule has 0 aromatic carbocycles. The number of nitrogens with zero attached hydrogens (tertiary/aromatic N) is 6. The lowest BCUT2D eigenvalue weighted by molar-refractivity contribution is 0.0601. The number of carbonyl (C=O) groups excluding carboxylic acids is 1. The highest BCUT2D eigenvalue weighted by Gasteiger charge is 2.20. The molecule has 2 rings (SSSR count). The molecule has 0 aliphatic carbocycles. The summed E-state index contributed by atoms with van der Waals surface area (Å²) in [6.07, 6.45) is 1.09. The van der Waals surface area contributed by atoms with Gasteiger partial charge in [0.1, 0.15) is 5.65 Å². The normalized spacial score (nSPS) is 10.2. The smallest absolute Gasteiger partial charge is 0.339 e. The predicted octanol–water partition coefficient (Wildman–Crippen LogP) is 0.361. The SMILES string of the molecule is COC(=O)c1cnc2c(c1N=[N+]=[N-])c(=O)n(C)c(=O)n2C. The molecule has 10 heteroatoms. The molecule has 0 aliphatic rings. The van der Waals surface area contributed by atoms with Gasteiger partial charge >= 0.3 is 11.7 Å². The Hall–Kier alpha value is -3.13. The van der Waals surface area contributed by atoms with Gasteiger partial charge in [-0.2, -0.15) is 0 Å². The number of aromatic nitrogens is 3. The molecule has 0 saturated heterocycles. The lowest BCUT2D eigenvalue weighted by Crippen LogP contribution is -2.37. The molecular weight excluding hydrogens is 280 g/mol. The largest absolute Gasteiger partial charge is 0.465 e. The van der Waals surface area contributed by atoms with Crippen molar-refractivity contribution in [3.63, 3.8) is 0 Å². The molecule has 21 heavy (non-hydrogen) atoms. The zero-order valence-electron chi connectivity index (χ0n) is 11.4. The van der Waals surface area contributed by atoms with E-state index >= 15 is 0 Å². The van der Waals surface area contributed by atoms with Crippen molar-refractivity contribution in [1.82, 2.24) is 14.1 Å². The van der Waals surface area contributed by atoms with Gasteiger partial charge < -0.3 is 4.74 Å². The Morgan fingerprint density at radius 3 is 2.62 bits per heavy atom. The Balaban J connectivity index is 3.14. The number of ether oxygens (including phenoxy) is 1. The van der Waals surface area contributed by atoms with Gasteiger partial charge in [-0.1, -0.05) is 5.11 Å². The van der Waals surface area contributed by atoms with E-state index in [1.54, 1.807) is 0 Å². The van der Waals surface area contributed by atoms with Crippen molar-refractivity contribution >= 4 is 22.7 Å². The number of rotatable bonds is 2. The van der Waals surface area contributed by atoms with Crippen LogP contribution >= 0.6 is 0 Å². The van der Waals surface area contributed by atoms with Gasteiger partial charge in [-0.05, 0) is 5.53 Å². The molecule has 10 nitrogen and oxygen atoms in total. The second-order valence-corrected chi connectivity index (χ2v) is 4.11. The van der Waals surface area contributed by atoms with Crippen molar-refractivity contribution in [2.24, 2.45) is 19.2 Å². The van der Waals surface area contributed by atoms with Crippen LogP contribution in [-0.4, -0.2) is 27.2 Å². The molecule has 0 amide bonds. The van der Waals surface area contributed by atoms with E-state index in [9.17, 15) is 14.4 Å². The van der Waals surface area contributed by atoms with Crippen LogP contribution in [0, 0.1) is 0 Å². The summed E-state index contributed by atoms with van der Waals surface area (Å²) in [5, 5.41) is 3.26. The Kier molecular flexibility index (Phi) is 3.47. The van der Waals surface area contributed by atoms with Crippen LogP contribution in [0.1, 0.15) is 10.4 Å². The van der Waals surface area contributed by atoms with Crippen LogP contribution in [0.4, 0.5) is 5.69 Å². The van der Waals surface area contributed by atoms with Crippen LogP contribution in [0.2, 0.25) is 0 Å². The molecule has 0 N–H and O–H groups in total. The Bertz CT molecular complexity index is 919. The third-order valence-corrected chi connectivity index (χ3v) is 2.99. The number of carbonyl (C=O) groups is 1. The molecule has 0 spiro atoms. The number of methoxy groups -OCH3 is 1. The second-order valence-electron chi connectivity index (χ2n) is 4.11. The van der Waals surface area contributed by atoms with Crippen molar-refractivity contribution in [1.29, 1.82) is 0 Å². The van der Waals surface area contributed by atoms with E-state index in [1.807, 2.05) is 0 Å². The first-order valence-electron chi connectivity index (χ1n) is 5.66. The van der Waals surface area contributed by atoms with Gasteiger partial charge in [-0.15, -0.1) is 0 Å². The lowest BCUT2D eigenvalue weighted by atomic mass is 10.2. The van der Waals surface area contributed by atoms with E-state index in [0.717, 1.165) is 22.4 Å². The summed E-state index contributed by atoms with van der Waals surface area (Å²) in [5.41, 5.74) is 6.99. The van der Waals surface area contributed by atoms with E-state index < -0.39 is 17.2 Å². The van der Waals surface area contributed by atoms with Gasteiger partial charge in [0.05, 0.1) is 23.7 Å². The van der Waals surface area contributed by atoms with E-state index in [2.05, 4.69) is 19.7 Å². The molecule has 0 radical (unpaired) electrons. The molecule has 0 bridgehead atoms. The number of hydrogen-bond acceptors (Lipinski definition) is 6. The third kappa shape index (κ3) is 2.03. The maximum atomic E-state index is 12.2. The van der Waals surface area contributed by atoms with Crippen molar-refractivity contribution in [2.75, 3.05) is 7.11 Å². The fourth-order valence-corrected chi connectivity index (χ4v) is 1.92. The summed E-state index contributed by atoms with van der Waals surface area (Å²) < 4.78 is 6.51. The quantitative estimate of drug-likeness (QED) is 0.341. The van der Waals surface area contributed by atoms with E-state index in [1.165, 1.54) is 14.1 Å². The van der Waals surface area contributed by atoms with Crippen molar-refractivity contribution in [2.45, 2.75) is 0 Å². The number of azide groups is 1. The maximum Gasteiger partial charge on any atom is 0.339 e. The number of hydrogen-bond donors (Lipinski definition) is 0. The molecule has 0 atom stereocenters. The van der Waals surface area contributed by atoms with Gasteiger partial charge in [0.2, 0.25) is 0 Å². The highest BCUT2D eigenvalue weighted by atomic mass is 16.5. The van der Waals surface area contributed by atoms with Crippen LogP contribution in [0.5, 0.6) is 0 Å². The summed E-state index contributed by atoms with van der Waals surface area (Å²) in [6, 6.07) is 0. The summed E-state index contributed by atoms with van der Waals surface area (Å²) in [7, 11) is 3.83. The summed E-state index contributed by atoms with van der Waals surface area (Å²) >= 11 is 0. The molecule has 0 fully saturated rings. The van der Waals surface area contributed by atoms with Crippen LogP contribution in [-0.2, 0) is 18.8 Å². The van der Waals surface area contributed by atoms with Crippen molar-refractivity contribution in [3.05, 3.63) is 43.0 Å². The van der Waals surface area contributed by atoms with Crippen molar-refractivity contribution < 1.29 is 9.53 Å². The molecule has 0 saturated carbocycles. The third-order valence-electron chi connectivity index (χ3n) is 2.99. The highest BCUT2D eigenvalue weighted by molar-refractivity contribution is 6.02.